The molecule has 1 aliphatic carbocycles. The van der Waals surface area contributed by atoms with E-state index in [4.69, 9.17) is 0 Å². The van der Waals surface area contributed by atoms with E-state index in [9.17, 15) is 4.79 Å². The zero-order valence-corrected chi connectivity index (χ0v) is 9.91. The summed E-state index contributed by atoms with van der Waals surface area (Å²) in [6.07, 6.45) is 7.62. The highest BCUT2D eigenvalue weighted by atomic mass is 16.2. The molecule has 0 bridgehead atoms. The maximum absolute atomic E-state index is 12.0. The van der Waals surface area contributed by atoms with Crippen LogP contribution in [0.25, 0.3) is 0 Å². The van der Waals surface area contributed by atoms with Gasteiger partial charge in [0, 0.05) is 25.3 Å². The van der Waals surface area contributed by atoms with Crippen molar-refractivity contribution in [3.05, 3.63) is 11.9 Å². The quantitative estimate of drug-likeness (QED) is 0.812. The zero-order chi connectivity index (χ0) is 11.7. The molecule has 2 aliphatic rings. The van der Waals surface area contributed by atoms with Crippen LogP contribution in [0.2, 0.25) is 0 Å². The van der Waals surface area contributed by atoms with Crippen LogP contribution in [0, 0.1) is 0 Å². The standard InChI is InChI=1S/C12H18N4O/c17-11(14-9-4-1-2-5-9)10-8-16-7-3-6-13-12(16)15-10/h8-9H,1-7H2,(H,13,15)(H,14,17). The van der Waals surface area contributed by atoms with Gasteiger partial charge in [-0.1, -0.05) is 12.8 Å². The fourth-order valence-corrected chi connectivity index (χ4v) is 2.62. The fourth-order valence-electron chi connectivity index (χ4n) is 2.62. The lowest BCUT2D eigenvalue weighted by atomic mass is 10.2. The summed E-state index contributed by atoms with van der Waals surface area (Å²) in [6.45, 7) is 1.90. The number of hydrogen-bond acceptors (Lipinski definition) is 3. The van der Waals surface area contributed by atoms with Crippen LogP contribution in [0.4, 0.5) is 5.95 Å². The topological polar surface area (TPSA) is 59.0 Å². The van der Waals surface area contributed by atoms with Crippen molar-refractivity contribution in [2.45, 2.75) is 44.7 Å². The minimum atomic E-state index is -0.0272. The van der Waals surface area contributed by atoms with Gasteiger partial charge in [0.05, 0.1) is 0 Å². The van der Waals surface area contributed by atoms with Crippen molar-refractivity contribution in [1.29, 1.82) is 0 Å². The summed E-state index contributed by atoms with van der Waals surface area (Å²) >= 11 is 0. The normalized spacial score (nSPS) is 19.8. The van der Waals surface area contributed by atoms with Crippen LogP contribution in [-0.2, 0) is 6.54 Å². The van der Waals surface area contributed by atoms with Gasteiger partial charge < -0.3 is 15.2 Å². The molecule has 5 heteroatoms. The molecule has 1 aromatic heterocycles. The first-order valence-corrected chi connectivity index (χ1v) is 6.45. The molecule has 92 valence electrons. The number of nitrogens with one attached hydrogen (secondary N) is 2. The van der Waals surface area contributed by atoms with Gasteiger partial charge in [0.15, 0.2) is 0 Å². The Morgan fingerprint density at radius 3 is 3.00 bits per heavy atom. The molecule has 2 heterocycles. The summed E-state index contributed by atoms with van der Waals surface area (Å²) in [5.41, 5.74) is 0.543. The van der Waals surface area contributed by atoms with E-state index in [2.05, 4.69) is 15.6 Å². The van der Waals surface area contributed by atoms with E-state index in [1.165, 1.54) is 12.8 Å². The zero-order valence-electron chi connectivity index (χ0n) is 9.91. The second kappa shape index (κ2) is 4.39. The van der Waals surface area contributed by atoms with Gasteiger partial charge in [-0.15, -0.1) is 0 Å². The molecule has 0 aromatic carbocycles. The van der Waals surface area contributed by atoms with Crippen LogP contribution in [0.5, 0.6) is 0 Å². The van der Waals surface area contributed by atoms with Gasteiger partial charge in [-0.05, 0) is 19.3 Å². The molecule has 1 aliphatic heterocycles. The van der Waals surface area contributed by atoms with Gasteiger partial charge in [0.1, 0.15) is 5.69 Å². The van der Waals surface area contributed by atoms with Gasteiger partial charge in [-0.2, -0.15) is 0 Å². The van der Waals surface area contributed by atoms with Gasteiger partial charge >= 0.3 is 0 Å². The molecule has 2 N–H and O–H groups in total. The number of aromatic nitrogens is 2. The third kappa shape index (κ3) is 2.14. The molecular weight excluding hydrogens is 216 g/mol. The smallest absolute Gasteiger partial charge is 0.271 e. The molecule has 0 radical (unpaired) electrons. The highest BCUT2D eigenvalue weighted by Crippen LogP contribution is 2.19. The summed E-state index contributed by atoms with van der Waals surface area (Å²) in [5.74, 6) is 0.799. The fraction of sp³-hybridized carbons (Fsp3) is 0.667. The Kier molecular flexibility index (Phi) is 2.74. The number of imidazole rings is 1. The lowest BCUT2D eigenvalue weighted by molar-refractivity contribution is 0.0933. The number of aryl methyl sites for hydroxylation is 1. The van der Waals surface area contributed by atoms with E-state index in [0.29, 0.717) is 11.7 Å². The molecule has 17 heavy (non-hydrogen) atoms. The van der Waals surface area contributed by atoms with Crippen LogP contribution < -0.4 is 10.6 Å². The summed E-state index contributed by atoms with van der Waals surface area (Å²) < 4.78 is 2.02. The average Bonchev–Trinajstić information content (AvgIpc) is 2.96. The summed E-state index contributed by atoms with van der Waals surface area (Å²) in [5, 5.41) is 6.27. The van der Waals surface area contributed by atoms with Crippen LogP contribution in [0.15, 0.2) is 6.20 Å². The summed E-state index contributed by atoms with van der Waals surface area (Å²) in [6, 6.07) is 0.356. The predicted molar refractivity (Wildman–Crippen MR) is 65.1 cm³/mol. The van der Waals surface area contributed by atoms with Gasteiger partial charge in [-0.3, -0.25) is 4.79 Å². The van der Waals surface area contributed by atoms with E-state index in [-0.39, 0.29) is 5.91 Å². The number of carbonyl (C=O) groups is 1. The third-order valence-electron chi connectivity index (χ3n) is 3.56. The first kappa shape index (κ1) is 10.6. The molecule has 0 spiro atoms. The van der Waals surface area contributed by atoms with Crippen molar-refractivity contribution < 1.29 is 4.79 Å². The molecule has 1 aromatic rings. The van der Waals surface area contributed by atoms with E-state index < -0.39 is 0 Å². The number of amides is 1. The number of nitrogens with zero attached hydrogens (tertiary/aromatic N) is 2. The maximum Gasteiger partial charge on any atom is 0.271 e. The lowest BCUT2D eigenvalue weighted by Gasteiger charge is -2.14. The van der Waals surface area contributed by atoms with Crippen molar-refractivity contribution >= 4 is 11.9 Å². The Morgan fingerprint density at radius 2 is 2.24 bits per heavy atom. The number of carbonyl (C=O) groups excluding carboxylic acids is 1. The molecule has 0 saturated heterocycles. The van der Waals surface area contributed by atoms with Crippen molar-refractivity contribution in [1.82, 2.24) is 14.9 Å². The molecule has 1 amide bonds. The monoisotopic (exact) mass is 234 g/mol. The highest BCUT2D eigenvalue weighted by Gasteiger charge is 2.21. The van der Waals surface area contributed by atoms with Gasteiger partial charge in [-0.25, -0.2) is 4.98 Å². The van der Waals surface area contributed by atoms with Crippen LogP contribution in [-0.4, -0.2) is 28.0 Å². The van der Waals surface area contributed by atoms with Crippen molar-refractivity contribution in [2.24, 2.45) is 0 Å². The second-order valence-corrected chi connectivity index (χ2v) is 4.88. The number of hydrogen-bond donors (Lipinski definition) is 2. The highest BCUT2D eigenvalue weighted by molar-refractivity contribution is 5.92. The Labute approximate surface area is 101 Å². The largest absolute Gasteiger partial charge is 0.356 e. The molecule has 0 unspecified atom stereocenters. The average molecular weight is 234 g/mol. The van der Waals surface area contributed by atoms with E-state index in [0.717, 1.165) is 38.3 Å². The van der Waals surface area contributed by atoms with E-state index in [1.54, 1.807) is 0 Å². The van der Waals surface area contributed by atoms with Crippen molar-refractivity contribution in [2.75, 3.05) is 11.9 Å². The van der Waals surface area contributed by atoms with Gasteiger partial charge in [0.25, 0.3) is 5.91 Å². The molecule has 5 nitrogen and oxygen atoms in total. The summed E-state index contributed by atoms with van der Waals surface area (Å²) in [7, 11) is 0. The Balaban J connectivity index is 1.70. The second-order valence-electron chi connectivity index (χ2n) is 4.88. The maximum atomic E-state index is 12.0. The molecule has 0 atom stereocenters. The Hall–Kier alpha value is -1.52. The first-order valence-electron chi connectivity index (χ1n) is 6.45. The van der Waals surface area contributed by atoms with Crippen molar-refractivity contribution in [3.63, 3.8) is 0 Å². The minimum absolute atomic E-state index is 0.0272. The van der Waals surface area contributed by atoms with E-state index >= 15 is 0 Å². The summed E-state index contributed by atoms with van der Waals surface area (Å²) in [4.78, 5) is 16.3. The predicted octanol–water partition coefficient (Wildman–Crippen LogP) is 1.37. The first-order chi connectivity index (χ1) is 8.33. The number of fused-ring (bicyclic) bond motifs is 1. The Bertz CT molecular complexity index is 397. The molecule has 1 saturated carbocycles. The number of rotatable bonds is 2. The molecule has 3 rings (SSSR count). The van der Waals surface area contributed by atoms with Crippen molar-refractivity contribution in [3.8, 4) is 0 Å². The Morgan fingerprint density at radius 1 is 1.41 bits per heavy atom. The van der Waals surface area contributed by atoms with Crippen LogP contribution in [0.1, 0.15) is 42.6 Å². The molecule has 1 fully saturated rings. The molecular formula is C12H18N4O. The third-order valence-corrected chi connectivity index (χ3v) is 3.56. The lowest BCUT2D eigenvalue weighted by Crippen LogP contribution is -2.32. The number of anilines is 1. The minimum Gasteiger partial charge on any atom is -0.356 e. The van der Waals surface area contributed by atoms with Crippen LogP contribution >= 0.6 is 0 Å². The van der Waals surface area contributed by atoms with Gasteiger partial charge in [0.2, 0.25) is 5.95 Å². The van der Waals surface area contributed by atoms with Crippen LogP contribution in [0.3, 0.4) is 0 Å². The SMILES string of the molecule is O=C(NC1CCCC1)c1cn2c(n1)NCCC2. The van der Waals surface area contributed by atoms with E-state index in [1.807, 2.05) is 10.8 Å².